The van der Waals surface area contributed by atoms with Crippen molar-refractivity contribution >= 4 is 25.5 Å². The van der Waals surface area contributed by atoms with E-state index in [1.807, 2.05) is 30.3 Å². The fourth-order valence-electron chi connectivity index (χ4n) is 2.32. The van der Waals surface area contributed by atoms with Gasteiger partial charge in [0.1, 0.15) is 7.85 Å². The van der Waals surface area contributed by atoms with E-state index in [1.54, 1.807) is 0 Å². The van der Waals surface area contributed by atoms with Gasteiger partial charge in [-0.15, -0.1) is 0 Å². The predicted octanol–water partition coefficient (Wildman–Crippen LogP) is 4.32. The summed E-state index contributed by atoms with van der Waals surface area (Å²) in [7, 11) is 5.76. The maximum atomic E-state index is 5.76. The molecular formula is C20H15B. The van der Waals surface area contributed by atoms with Gasteiger partial charge in [-0.1, -0.05) is 96.5 Å². The summed E-state index contributed by atoms with van der Waals surface area (Å²) >= 11 is 0. The van der Waals surface area contributed by atoms with Crippen molar-refractivity contribution < 1.29 is 0 Å². The van der Waals surface area contributed by atoms with Gasteiger partial charge in [0, 0.05) is 0 Å². The molecule has 0 saturated carbocycles. The smallest absolute Gasteiger partial charge is 0.0966 e. The molecule has 0 aliphatic heterocycles. The molecule has 3 aromatic rings. The fraction of sp³-hybridized carbons (Fsp3) is 0. The van der Waals surface area contributed by atoms with Gasteiger partial charge in [0.2, 0.25) is 0 Å². The van der Waals surface area contributed by atoms with Crippen LogP contribution in [0.3, 0.4) is 0 Å². The van der Waals surface area contributed by atoms with E-state index in [1.165, 1.54) is 22.3 Å². The van der Waals surface area contributed by atoms with Crippen LogP contribution in [0, 0.1) is 0 Å². The Morgan fingerprint density at radius 3 is 2.05 bits per heavy atom. The molecule has 2 radical (unpaired) electrons. The predicted molar refractivity (Wildman–Crippen MR) is 92.6 cm³/mol. The zero-order chi connectivity index (χ0) is 14.5. The Morgan fingerprint density at radius 2 is 1.29 bits per heavy atom. The molecule has 0 amide bonds. The largest absolute Gasteiger partial charge is 0.113 e. The average molecular weight is 266 g/mol. The van der Waals surface area contributed by atoms with Crippen molar-refractivity contribution in [3.8, 4) is 11.1 Å². The van der Waals surface area contributed by atoms with Crippen LogP contribution in [-0.4, -0.2) is 7.85 Å². The lowest BCUT2D eigenvalue weighted by Crippen LogP contribution is -1.99. The topological polar surface area (TPSA) is 0 Å². The minimum atomic E-state index is 0.788. The SMILES string of the molecule is [B]c1ccc(-c2ccccc2C=Cc2ccccc2)cc1. The molecule has 0 nitrogen and oxygen atoms in total. The first kappa shape index (κ1) is 13.4. The minimum absolute atomic E-state index is 0.788. The zero-order valence-electron chi connectivity index (χ0n) is 11.7. The Labute approximate surface area is 127 Å². The summed E-state index contributed by atoms with van der Waals surface area (Å²) in [6, 6.07) is 26.7. The Bertz CT molecular complexity index is 740. The Morgan fingerprint density at radius 1 is 0.619 bits per heavy atom. The molecule has 0 aromatic heterocycles. The summed E-state index contributed by atoms with van der Waals surface area (Å²) in [6.07, 6.45) is 4.29. The highest BCUT2D eigenvalue weighted by Crippen LogP contribution is 2.24. The molecule has 0 aliphatic carbocycles. The van der Waals surface area contributed by atoms with Crippen LogP contribution in [-0.2, 0) is 0 Å². The molecule has 0 saturated heterocycles. The van der Waals surface area contributed by atoms with E-state index in [0.29, 0.717) is 0 Å². The van der Waals surface area contributed by atoms with Gasteiger partial charge in [-0.3, -0.25) is 0 Å². The van der Waals surface area contributed by atoms with E-state index in [2.05, 4.69) is 60.7 Å². The van der Waals surface area contributed by atoms with Crippen LogP contribution in [0.1, 0.15) is 11.1 Å². The van der Waals surface area contributed by atoms with Crippen molar-refractivity contribution in [2.24, 2.45) is 0 Å². The number of rotatable bonds is 3. The van der Waals surface area contributed by atoms with Crippen LogP contribution >= 0.6 is 0 Å². The number of benzene rings is 3. The van der Waals surface area contributed by atoms with Gasteiger partial charge in [-0.25, -0.2) is 0 Å². The summed E-state index contributed by atoms with van der Waals surface area (Å²) in [5.41, 5.74) is 5.58. The van der Waals surface area contributed by atoms with Crippen molar-refractivity contribution in [2.45, 2.75) is 0 Å². The highest BCUT2D eigenvalue weighted by Gasteiger charge is 2.01. The molecule has 21 heavy (non-hydrogen) atoms. The Hall–Kier alpha value is -2.54. The quantitative estimate of drug-likeness (QED) is 0.489. The van der Waals surface area contributed by atoms with Gasteiger partial charge >= 0.3 is 0 Å². The molecule has 0 fully saturated rings. The standard InChI is InChI=1S/C20H15B/c21-19-14-12-18(13-15-19)20-9-5-4-8-17(20)11-10-16-6-2-1-3-7-16/h1-15H. The van der Waals surface area contributed by atoms with Gasteiger partial charge < -0.3 is 0 Å². The lowest BCUT2D eigenvalue weighted by atomic mass is 9.92. The third kappa shape index (κ3) is 3.32. The molecule has 98 valence electrons. The van der Waals surface area contributed by atoms with Gasteiger partial charge in [-0.2, -0.15) is 0 Å². The second-order valence-electron chi connectivity index (χ2n) is 4.95. The van der Waals surface area contributed by atoms with Gasteiger partial charge in [-0.05, 0) is 22.3 Å². The summed E-state index contributed by atoms with van der Waals surface area (Å²) in [4.78, 5) is 0. The molecule has 1 heteroatoms. The average Bonchev–Trinajstić information content (AvgIpc) is 2.55. The Balaban J connectivity index is 1.96. The van der Waals surface area contributed by atoms with Crippen LogP contribution in [0.25, 0.3) is 23.3 Å². The normalized spacial score (nSPS) is 10.9. The summed E-state index contributed by atoms with van der Waals surface area (Å²) in [5.74, 6) is 0. The summed E-state index contributed by atoms with van der Waals surface area (Å²) < 4.78 is 0. The molecule has 3 rings (SSSR count). The van der Waals surface area contributed by atoms with Gasteiger partial charge in [0.05, 0.1) is 0 Å². The molecule has 0 N–H and O–H groups in total. The van der Waals surface area contributed by atoms with Crippen LogP contribution in [0.15, 0.2) is 78.9 Å². The van der Waals surface area contributed by atoms with Crippen molar-refractivity contribution in [3.63, 3.8) is 0 Å². The van der Waals surface area contributed by atoms with E-state index < -0.39 is 0 Å². The highest BCUT2D eigenvalue weighted by molar-refractivity contribution is 6.32. The monoisotopic (exact) mass is 266 g/mol. The summed E-state index contributed by atoms with van der Waals surface area (Å²) in [5, 5.41) is 0. The Kier molecular flexibility index (Phi) is 4.02. The van der Waals surface area contributed by atoms with Crippen LogP contribution in [0.5, 0.6) is 0 Å². The zero-order valence-corrected chi connectivity index (χ0v) is 11.7. The first-order chi connectivity index (χ1) is 10.3. The third-order valence-electron chi connectivity index (χ3n) is 3.44. The van der Waals surface area contributed by atoms with Crippen molar-refractivity contribution in [1.29, 1.82) is 0 Å². The van der Waals surface area contributed by atoms with Crippen LogP contribution < -0.4 is 5.46 Å². The molecule has 3 aromatic carbocycles. The second-order valence-corrected chi connectivity index (χ2v) is 4.95. The first-order valence-electron chi connectivity index (χ1n) is 7.01. The second kappa shape index (κ2) is 6.28. The van der Waals surface area contributed by atoms with E-state index in [9.17, 15) is 0 Å². The number of hydrogen-bond donors (Lipinski definition) is 0. The molecule has 0 spiro atoms. The fourth-order valence-corrected chi connectivity index (χ4v) is 2.32. The van der Waals surface area contributed by atoms with E-state index in [-0.39, 0.29) is 0 Å². The van der Waals surface area contributed by atoms with Crippen LogP contribution in [0.2, 0.25) is 0 Å². The molecule has 0 unspecified atom stereocenters. The lowest BCUT2D eigenvalue weighted by molar-refractivity contribution is 1.60. The van der Waals surface area contributed by atoms with Crippen molar-refractivity contribution in [2.75, 3.05) is 0 Å². The van der Waals surface area contributed by atoms with Gasteiger partial charge in [0.25, 0.3) is 0 Å². The highest BCUT2D eigenvalue weighted by atomic mass is 14.1. The van der Waals surface area contributed by atoms with Gasteiger partial charge in [0.15, 0.2) is 0 Å². The van der Waals surface area contributed by atoms with Crippen molar-refractivity contribution in [1.82, 2.24) is 0 Å². The third-order valence-corrected chi connectivity index (χ3v) is 3.44. The maximum Gasteiger partial charge on any atom is 0.113 e. The molecule has 0 aliphatic rings. The molecule has 0 bridgehead atoms. The molecule has 0 heterocycles. The lowest BCUT2D eigenvalue weighted by Gasteiger charge is -2.07. The van der Waals surface area contributed by atoms with Crippen LogP contribution in [0.4, 0.5) is 0 Å². The first-order valence-corrected chi connectivity index (χ1v) is 7.01. The van der Waals surface area contributed by atoms with E-state index in [4.69, 9.17) is 7.85 Å². The molecule has 0 atom stereocenters. The van der Waals surface area contributed by atoms with Crippen molar-refractivity contribution in [3.05, 3.63) is 90.0 Å². The molecular weight excluding hydrogens is 251 g/mol. The van der Waals surface area contributed by atoms with E-state index in [0.717, 1.165) is 5.46 Å². The minimum Gasteiger partial charge on any atom is -0.0966 e. The van der Waals surface area contributed by atoms with E-state index >= 15 is 0 Å². The maximum absolute atomic E-state index is 5.76. The number of hydrogen-bond acceptors (Lipinski definition) is 0. The summed E-state index contributed by atoms with van der Waals surface area (Å²) in [6.45, 7) is 0.